The van der Waals surface area contributed by atoms with Gasteiger partial charge in [-0.15, -0.1) is 0 Å². The van der Waals surface area contributed by atoms with Crippen molar-refractivity contribution in [2.75, 3.05) is 6.61 Å². The number of esters is 5. The standard InChI is InChI=1S/C25H24O14/c1-3-33-22(32)23-34-18(28)14(19(29)35-23)7-5-4-6-8-15-20(30)38-25(39-21(15)31)11-9-24(10-12-25)36-16(26)13(2)17(27)37-24/h4-8,23,26,28H,3,9-12H2,1-2H3/b6-4+,7-5+,15-8?. The van der Waals surface area contributed by atoms with Crippen molar-refractivity contribution in [3.63, 3.8) is 0 Å². The van der Waals surface area contributed by atoms with Gasteiger partial charge in [-0.2, -0.15) is 0 Å². The molecule has 14 nitrogen and oxygen atoms in total. The van der Waals surface area contributed by atoms with E-state index >= 15 is 0 Å². The normalized spacial score (nSPS) is 29.2. The highest BCUT2D eigenvalue weighted by atomic mass is 16.8. The molecule has 0 amide bonds. The van der Waals surface area contributed by atoms with Crippen molar-refractivity contribution in [3.8, 4) is 0 Å². The van der Waals surface area contributed by atoms with Crippen molar-refractivity contribution in [3.05, 3.63) is 59.0 Å². The number of aliphatic hydroxyl groups is 2. The summed E-state index contributed by atoms with van der Waals surface area (Å²) in [6, 6.07) is 0. The Bertz CT molecular complexity index is 1230. The van der Waals surface area contributed by atoms with Gasteiger partial charge in [0, 0.05) is 25.7 Å². The van der Waals surface area contributed by atoms with Crippen LogP contribution in [0.5, 0.6) is 0 Å². The zero-order valence-electron chi connectivity index (χ0n) is 20.8. The fourth-order valence-electron chi connectivity index (χ4n) is 3.96. The Hall–Kier alpha value is -4.75. The molecule has 0 aromatic rings. The highest BCUT2D eigenvalue weighted by Crippen LogP contribution is 2.45. The first-order chi connectivity index (χ1) is 18.5. The minimum atomic E-state index is -1.73. The van der Waals surface area contributed by atoms with Gasteiger partial charge in [-0.1, -0.05) is 18.2 Å². The van der Waals surface area contributed by atoms with Gasteiger partial charge in [-0.05, 0) is 26.0 Å². The number of hydrogen-bond acceptors (Lipinski definition) is 14. The third-order valence-electron chi connectivity index (χ3n) is 6.07. The average molecular weight is 548 g/mol. The molecular weight excluding hydrogens is 524 g/mol. The van der Waals surface area contributed by atoms with Gasteiger partial charge in [0.25, 0.3) is 23.5 Å². The summed E-state index contributed by atoms with van der Waals surface area (Å²) >= 11 is 0. The van der Waals surface area contributed by atoms with Crippen molar-refractivity contribution in [1.29, 1.82) is 0 Å². The predicted octanol–water partition coefficient (Wildman–Crippen LogP) is 1.69. The summed E-state index contributed by atoms with van der Waals surface area (Å²) < 4.78 is 35.7. The Balaban J connectivity index is 1.35. The summed E-state index contributed by atoms with van der Waals surface area (Å²) in [5.74, 6) is -9.05. The van der Waals surface area contributed by atoms with Crippen LogP contribution in [0.15, 0.2) is 59.0 Å². The van der Waals surface area contributed by atoms with E-state index < -0.39 is 65.2 Å². The fraction of sp³-hybridized carbons (Fsp3) is 0.400. The monoisotopic (exact) mass is 548 g/mol. The van der Waals surface area contributed by atoms with Crippen molar-refractivity contribution < 1.29 is 67.3 Å². The van der Waals surface area contributed by atoms with Crippen LogP contribution in [0.25, 0.3) is 0 Å². The van der Waals surface area contributed by atoms with E-state index in [0.29, 0.717) is 0 Å². The zero-order chi connectivity index (χ0) is 28.4. The molecule has 0 aromatic heterocycles. The van der Waals surface area contributed by atoms with Gasteiger partial charge in [0.2, 0.25) is 0 Å². The summed E-state index contributed by atoms with van der Waals surface area (Å²) in [4.78, 5) is 60.7. The lowest BCUT2D eigenvalue weighted by atomic mass is 9.87. The van der Waals surface area contributed by atoms with Gasteiger partial charge in [0.15, 0.2) is 0 Å². The van der Waals surface area contributed by atoms with E-state index in [-0.39, 0.29) is 43.4 Å². The number of ether oxygens (including phenoxy) is 7. The number of allylic oxidation sites excluding steroid dienone is 4. The zero-order valence-corrected chi connectivity index (χ0v) is 20.8. The molecule has 0 bridgehead atoms. The van der Waals surface area contributed by atoms with E-state index in [4.69, 9.17) is 28.4 Å². The summed E-state index contributed by atoms with van der Waals surface area (Å²) in [5.41, 5.74) is -0.855. The molecule has 1 saturated carbocycles. The minimum absolute atomic E-state index is 0.00420. The molecular formula is C25H24O14. The number of hydrogen-bond donors (Lipinski definition) is 2. The molecule has 39 heavy (non-hydrogen) atoms. The van der Waals surface area contributed by atoms with Gasteiger partial charge in [0.1, 0.15) is 16.7 Å². The Labute approximate surface area is 220 Å². The summed E-state index contributed by atoms with van der Waals surface area (Å²) in [5, 5.41) is 19.8. The Morgan fingerprint density at radius 2 is 1.44 bits per heavy atom. The van der Waals surface area contributed by atoms with Crippen molar-refractivity contribution in [2.24, 2.45) is 0 Å². The molecule has 4 aliphatic rings. The van der Waals surface area contributed by atoms with E-state index in [1.807, 2.05) is 0 Å². The Morgan fingerprint density at radius 3 is 2.00 bits per heavy atom. The number of carbonyl (C=O) groups excluding carboxylic acids is 5. The molecule has 0 radical (unpaired) electrons. The fourth-order valence-corrected chi connectivity index (χ4v) is 3.96. The van der Waals surface area contributed by atoms with Gasteiger partial charge >= 0.3 is 36.1 Å². The number of rotatable bonds is 5. The summed E-state index contributed by atoms with van der Waals surface area (Å²) in [6.45, 7) is 2.91. The second-order valence-electron chi connectivity index (χ2n) is 8.67. The van der Waals surface area contributed by atoms with E-state index in [1.165, 1.54) is 25.2 Å². The molecule has 1 unspecified atom stereocenters. The lowest BCUT2D eigenvalue weighted by Gasteiger charge is -2.45. The lowest BCUT2D eigenvalue weighted by molar-refractivity contribution is -0.297. The van der Waals surface area contributed by atoms with Crippen molar-refractivity contribution in [2.45, 2.75) is 57.4 Å². The maximum Gasteiger partial charge on any atom is 0.389 e. The number of carbonyl (C=O) groups is 5. The van der Waals surface area contributed by atoms with Gasteiger partial charge in [-0.3, -0.25) is 0 Å². The predicted molar refractivity (Wildman–Crippen MR) is 122 cm³/mol. The number of aliphatic hydroxyl groups excluding tert-OH is 2. The molecule has 2 N–H and O–H groups in total. The lowest BCUT2D eigenvalue weighted by Crippen LogP contribution is -2.54. The van der Waals surface area contributed by atoms with Crippen LogP contribution in [0.1, 0.15) is 39.5 Å². The maximum absolute atomic E-state index is 12.6. The highest BCUT2D eigenvalue weighted by Gasteiger charge is 2.55. The van der Waals surface area contributed by atoms with Gasteiger partial charge < -0.3 is 43.4 Å². The third kappa shape index (κ3) is 5.58. The van der Waals surface area contributed by atoms with Crippen molar-refractivity contribution in [1.82, 2.24) is 0 Å². The molecule has 1 atom stereocenters. The molecule has 4 rings (SSSR count). The first-order valence-corrected chi connectivity index (χ1v) is 11.8. The van der Waals surface area contributed by atoms with Crippen LogP contribution in [0.3, 0.4) is 0 Å². The van der Waals surface area contributed by atoms with Crippen LogP contribution in [0.2, 0.25) is 0 Å². The Morgan fingerprint density at radius 1 is 0.846 bits per heavy atom. The van der Waals surface area contributed by atoms with E-state index in [9.17, 15) is 34.2 Å². The molecule has 14 heteroatoms. The number of cyclic esters (lactones) is 1. The topological polar surface area (TPSA) is 190 Å². The maximum atomic E-state index is 12.6. The van der Waals surface area contributed by atoms with Crippen LogP contribution in [-0.4, -0.2) is 64.5 Å². The molecule has 1 saturated heterocycles. The summed E-state index contributed by atoms with van der Waals surface area (Å²) in [6.07, 6.45) is 4.31. The van der Waals surface area contributed by atoms with Gasteiger partial charge in [-0.25, -0.2) is 24.0 Å². The first kappa shape index (κ1) is 27.3. The minimum Gasteiger partial charge on any atom is -0.481 e. The van der Waals surface area contributed by atoms with Crippen molar-refractivity contribution >= 4 is 29.8 Å². The third-order valence-corrected chi connectivity index (χ3v) is 6.07. The molecule has 208 valence electrons. The van der Waals surface area contributed by atoms with Crippen LogP contribution < -0.4 is 0 Å². The summed E-state index contributed by atoms with van der Waals surface area (Å²) in [7, 11) is 0. The second kappa shape index (κ2) is 10.6. The second-order valence-corrected chi connectivity index (χ2v) is 8.67. The SMILES string of the molecule is CCOC(=O)C1OC(=O)C(/C=C/C=C/C=C2C(=O)OC3(CCC4(CC3)OC(=O)C(C)=C(O)O4)OC2=O)=C(O)O1. The largest absolute Gasteiger partial charge is 0.481 e. The van der Waals surface area contributed by atoms with Gasteiger partial charge in [0.05, 0.1) is 6.61 Å². The first-order valence-electron chi connectivity index (χ1n) is 11.8. The van der Waals surface area contributed by atoms with E-state index in [2.05, 4.69) is 4.74 Å². The molecule has 2 spiro atoms. The van der Waals surface area contributed by atoms with E-state index in [1.54, 1.807) is 6.92 Å². The highest BCUT2D eigenvalue weighted by molar-refractivity contribution is 6.15. The van der Waals surface area contributed by atoms with Crippen LogP contribution in [-0.2, 0) is 57.1 Å². The molecule has 1 aliphatic carbocycles. The Kier molecular flexibility index (Phi) is 7.38. The molecule has 3 heterocycles. The molecule has 3 aliphatic heterocycles. The van der Waals surface area contributed by atoms with Crippen LogP contribution >= 0.6 is 0 Å². The smallest absolute Gasteiger partial charge is 0.389 e. The molecule has 0 aromatic carbocycles. The van der Waals surface area contributed by atoms with Crippen LogP contribution in [0, 0.1) is 0 Å². The molecule has 2 fully saturated rings. The van der Waals surface area contributed by atoms with E-state index in [0.717, 1.165) is 12.2 Å². The quantitative estimate of drug-likeness (QED) is 0.166. The average Bonchev–Trinajstić information content (AvgIpc) is 2.87. The van der Waals surface area contributed by atoms with Crippen LogP contribution in [0.4, 0.5) is 0 Å².